The molecule has 0 bridgehead atoms. The van der Waals surface area contributed by atoms with Gasteiger partial charge in [0.25, 0.3) is 0 Å². The number of pyridine rings is 1. The van der Waals surface area contributed by atoms with E-state index < -0.39 is 0 Å². The van der Waals surface area contributed by atoms with E-state index >= 15 is 0 Å². The van der Waals surface area contributed by atoms with Crippen LogP contribution in [0.1, 0.15) is 30.7 Å². The molecule has 31 heavy (non-hydrogen) atoms. The molecule has 3 unspecified atom stereocenters. The van der Waals surface area contributed by atoms with Crippen LogP contribution in [0.2, 0.25) is 0 Å². The maximum atomic E-state index is 13.5. The number of amides is 3. The summed E-state index contributed by atoms with van der Waals surface area (Å²) in [6, 6.07) is 15.7. The van der Waals surface area contributed by atoms with Crippen LogP contribution in [0.3, 0.4) is 0 Å². The van der Waals surface area contributed by atoms with Crippen molar-refractivity contribution in [3.05, 3.63) is 71.9 Å². The van der Waals surface area contributed by atoms with Crippen LogP contribution in [-0.2, 0) is 4.79 Å². The fraction of sp³-hybridized carbons (Fsp3) is 0.240. The molecule has 1 aliphatic carbocycles. The first-order valence-corrected chi connectivity index (χ1v) is 11.5. The van der Waals surface area contributed by atoms with Gasteiger partial charge in [0.15, 0.2) is 0 Å². The summed E-state index contributed by atoms with van der Waals surface area (Å²) < 4.78 is 1.29. The van der Waals surface area contributed by atoms with Crippen LogP contribution in [-0.4, -0.2) is 23.0 Å². The molecule has 6 rings (SSSR count). The average Bonchev–Trinajstić information content (AvgIpc) is 3.23. The van der Waals surface area contributed by atoms with Crippen molar-refractivity contribution < 1.29 is 9.59 Å². The van der Waals surface area contributed by atoms with Crippen LogP contribution in [0.5, 0.6) is 0 Å². The lowest BCUT2D eigenvalue weighted by atomic mass is 9.74. The van der Waals surface area contributed by atoms with Crippen LogP contribution in [0, 0.1) is 5.92 Å². The number of rotatable bonds is 2. The van der Waals surface area contributed by atoms with Crippen molar-refractivity contribution in [2.75, 3.05) is 4.90 Å². The lowest BCUT2D eigenvalue weighted by Crippen LogP contribution is -2.61. The molecule has 3 atom stereocenters. The Balaban J connectivity index is 1.30. The van der Waals surface area contributed by atoms with Crippen LogP contribution in [0.15, 0.2) is 66.3 Å². The topological polar surface area (TPSA) is 62.3 Å². The molecule has 1 saturated carbocycles. The minimum absolute atomic E-state index is 0.111. The Morgan fingerprint density at radius 1 is 0.968 bits per heavy atom. The van der Waals surface area contributed by atoms with Gasteiger partial charge in [-0.2, -0.15) is 0 Å². The highest BCUT2D eigenvalue weighted by Crippen LogP contribution is 2.43. The summed E-state index contributed by atoms with van der Waals surface area (Å²) in [4.78, 5) is 32.1. The summed E-state index contributed by atoms with van der Waals surface area (Å²) >= 11 is 1.77. The first-order chi connectivity index (χ1) is 15.2. The third-order valence-corrected chi connectivity index (χ3v) is 7.72. The predicted molar refractivity (Wildman–Crippen MR) is 123 cm³/mol. The second-order valence-corrected chi connectivity index (χ2v) is 9.32. The van der Waals surface area contributed by atoms with Crippen molar-refractivity contribution >= 4 is 49.8 Å². The molecule has 5 nitrogen and oxygen atoms in total. The molecule has 2 fully saturated rings. The van der Waals surface area contributed by atoms with Crippen LogP contribution in [0.4, 0.5) is 10.5 Å². The Bertz CT molecular complexity index is 1330. The van der Waals surface area contributed by atoms with Crippen LogP contribution >= 0.6 is 11.3 Å². The molecule has 6 heteroatoms. The number of carbonyl (C=O) groups excluding carboxylic acids is 2. The maximum absolute atomic E-state index is 13.5. The number of fused-ring (bicyclic) bond motifs is 3. The minimum atomic E-state index is -0.347. The van der Waals surface area contributed by atoms with Gasteiger partial charge in [-0.25, -0.2) is 9.69 Å². The Kier molecular flexibility index (Phi) is 4.28. The van der Waals surface area contributed by atoms with E-state index in [0.717, 1.165) is 30.0 Å². The SMILES string of the molecule is O=C1NC2CC(c3csc4ccccc34)CCC2C(=O)N1c1cncc2ccccc12. The summed E-state index contributed by atoms with van der Waals surface area (Å²) in [5.74, 6) is 0.0506. The predicted octanol–water partition coefficient (Wildman–Crippen LogP) is 5.46. The molecule has 2 aromatic carbocycles. The molecule has 4 aromatic rings. The van der Waals surface area contributed by atoms with Gasteiger partial charge < -0.3 is 5.32 Å². The van der Waals surface area contributed by atoms with E-state index in [-0.39, 0.29) is 23.9 Å². The van der Waals surface area contributed by atoms with Crippen molar-refractivity contribution in [1.29, 1.82) is 0 Å². The molecule has 0 radical (unpaired) electrons. The van der Waals surface area contributed by atoms with Crippen molar-refractivity contribution in [3.8, 4) is 0 Å². The largest absolute Gasteiger partial charge is 0.334 e. The molecule has 0 spiro atoms. The molecule has 2 aromatic heterocycles. The summed E-state index contributed by atoms with van der Waals surface area (Å²) in [6.07, 6.45) is 5.89. The zero-order valence-corrected chi connectivity index (χ0v) is 17.6. The van der Waals surface area contributed by atoms with E-state index in [1.54, 1.807) is 23.7 Å². The van der Waals surface area contributed by atoms with Gasteiger partial charge in [-0.3, -0.25) is 9.78 Å². The Labute approximate surface area is 183 Å². The number of hydrogen-bond acceptors (Lipinski definition) is 4. The number of nitrogens with one attached hydrogen (secondary N) is 1. The van der Waals surface area contributed by atoms with Gasteiger partial charge in [-0.1, -0.05) is 42.5 Å². The Hall–Kier alpha value is -3.25. The maximum Gasteiger partial charge on any atom is 0.329 e. The zero-order valence-electron chi connectivity index (χ0n) is 16.8. The summed E-state index contributed by atoms with van der Waals surface area (Å²) in [7, 11) is 0. The first kappa shape index (κ1) is 18.5. The highest BCUT2D eigenvalue weighted by molar-refractivity contribution is 7.17. The monoisotopic (exact) mass is 427 g/mol. The van der Waals surface area contributed by atoms with E-state index in [0.29, 0.717) is 11.6 Å². The smallest absolute Gasteiger partial charge is 0.329 e. The second kappa shape index (κ2) is 7.17. The van der Waals surface area contributed by atoms with E-state index in [9.17, 15) is 9.59 Å². The zero-order chi connectivity index (χ0) is 20.9. The van der Waals surface area contributed by atoms with Crippen molar-refractivity contribution in [2.24, 2.45) is 5.92 Å². The molecule has 2 aliphatic rings. The molecule has 1 N–H and O–H groups in total. The van der Waals surface area contributed by atoms with Gasteiger partial charge in [-0.15, -0.1) is 11.3 Å². The Morgan fingerprint density at radius 2 is 1.77 bits per heavy atom. The number of thiophene rings is 1. The summed E-state index contributed by atoms with van der Waals surface area (Å²) in [5.41, 5.74) is 1.91. The molecular formula is C25H21N3O2S. The summed E-state index contributed by atoms with van der Waals surface area (Å²) in [5, 5.41) is 8.46. The molecule has 154 valence electrons. The van der Waals surface area contributed by atoms with Crippen molar-refractivity contribution in [1.82, 2.24) is 10.3 Å². The lowest BCUT2D eigenvalue weighted by molar-refractivity contribution is -0.124. The van der Waals surface area contributed by atoms with Gasteiger partial charge in [-0.05, 0) is 47.6 Å². The highest BCUT2D eigenvalue weighted by atomic mass is 32.1. The van der Waals surface area contributed by atoms with Gasteiger partial charge in [0.1, 0.15) is 0 Å². The van der Waals surface area contributed by atoms with Gasteiger partial charge in [0, 0.05) is 27.7 Å². The number of urea groups is 1. The third-order valence-electron chi connectivity index (χ3n) is 6.74. The van der Waals surface area contributed by atoms with E-state index in [1.807, 2.05) is 24.3 Å². The number of anilines is 1. The summed E-state index contributed by atoms with van der Waals surface area (Å²) in [6.45, 7) is 0. The average molecular weight is 428 g/mol. The molecule has 1 aliphatic heterocycles. The molecular weight excluding hydrogens is 406 g/mol. The minimum Gasteiger partial charge on any atom is -0.334 e. The number of imide groups is 1. The first-order valence-electron chi connectivity index (χ1n) is 10.6. The van der Waals surface area contributed by atoms with Gasteiger partial charge in [0.05, 0.1) is 17.8 Å². The fourth-order valence-corrected chi connectivity index (χ4v) is 6.26. The second-order valence-electron chi connectivity index (χ2n) is 8.41. The number of nitrogens with zero attached hydrogens (tertiary/aromatic N) is 2. The van der Waals surface area contributed by atoms with E-state index in [4.69, 9.17) is 0 Å². The van der Waals surface area contributed by atoms with Crippen LogP contribution < -0.4 is 10.2 Å². The van der Waals surface area contributed by atoms with E-state index in [1.165, 1.54) is 20.5 Å². The molecule has 3 heterocycles. The normalized spacial score (nSPS) is 23.7. The number of benzene rings is 2. The van der Waals surface area contributed by atoms with Crippen molar-refractivity contribution in [2.45, 2.75) is 31.2 Å². The number of aromatic nitrogens is 1. The molecule has 3 amide bonds. The van der Waals surface area contributed by atoms with Crippen molar-refractivity contribution in [3.63, 3.8) is 0 Å². The standard InChI is InChI=1S/C25H21N3O2S/c29-24-19-10-9-15(20-14-31-23-8-4-3-7-18(20)23)11-21(19)27-25(30)28(24)22-13-26-12-16-5-1-2-6-17(16)22/h1-8,12-15,19,21H,9-11H2,(H,27,30). The van der Waals surface area contributed by atoms with E-state index in [2.05, 4.69) is 39.9 Å². The lowest BCUT2D eigenvalue weighted by Gasteiger charge is -2.42. The Morgan fingerprint density at radius 3 is 2.68 bits per heavy atom. The molecule has 1 saturated heterocycles. The number of hydrogen-bond donors (Lipinski definition) is 1. The number of carbonyl (C=O) groups is 2. The highest BCUT2D eigenvalue weighted by Gasteiger charge is 2.45. The quantitative estimate of drug-likeness (QED) is 0.462. The fourth-order valence-electron chi connectivity index (χ4n) is 5.22. The van der Waals surface area contributed by atoms with Gasteiger partial charge in [0.2, 0.25) is 5.91 Å². The van der Waals surface area contributed by atoms with Gasteiger partial charge >= 0.3 is 6.03 Å². The third kappa shape index (κ3) is 2.93. The van der Waals surface area contributed by atoms with Crippen LogP contribution in [0.25, 0.3) is 20.9 Å².